The maximum absolute atomic E-state index is 6.07. The summed E-state index contributed by atoms with van der Waals surface area (Å²) in [4.78, 5) is 0. The van der Waals surface area contributed by atoms with Gasteiger partial charge in [-0.05, 0) is 96.4 Å². The molecule has 4 aromatic carbocycles. The van der Waals surface area contributed by atoms with E-state index in [1.54, 1.807) is 0 Å². The standard InChI is InChI=1S/C38H48N4O2/c39-23-27-41-25-7-9-29-43-35-19-15-33(16-20-35)37(31-11-3-1-4-12-31)38(32-13-5-2-6-14-32)34-17-21-36(22-18-34)44-30-10-8-26-42-28-24-40/h1-6,11-22,41-42H,7-10,23-30,39-40H2/b38-37+. The molecule has 232 valence electrons. The first-order valence-electron chi connectivity index (χ1n) is 15.9. The van der Waals surface area contributed by atoms with Gasteiger partial charge in [-0.3, -0.25) is 0 Å². The van der Waals surface area contributed by atoms with Gasteiger partial charge in [-0.25, -0.2) is 0 Å². The second kappa shape index (κ2) is 19.4. The number of unbranched alkanes of at least 4 members (excludes halogenated alkanes) is 2. The summed E-state index contributed by atoms with van der Waals surface area (Å²) in [6, 6.07) is 38.2. The minimum atomic E-state index is 0.669. The van der Waals surface area contributed by atoms with Crippen LogP contribution in [0.4, 0.5) is 0 Å². The molecule has 6 N–H and O–H groups in total. The number of nitrogens with one attached hydrogen (secondary N) is 2. The molecule has 0 aliphatic carbocycles. The van der Waals surface area contributed by atoms with Crippen LogP contribution in [0.2, 0.25) is 0 Å². The topological polar surface area (TPSA) is 94.6 Å². The maximum atomic E-state index is 6.07. The van der Waals surface area contributed by atoms with Gasteiger partial charge in [0, 0.05) is 26.2 Å². The summed E-state index contributed by atoms with van der Waals surface area (Å²) >= 11 is 0. The Morgan fingerprint density at radius 1 is 0.432 bits per heavy atom. The Balaban J connectivity index is 1.56. The summed E-state index contributed by atoms with van der Waals surface area (Å²) in [7, 11) is 0. The lowest BCUT2D eigenvalue weighted by Crippen LogP contribution is -2.23. The molecule has 0 saturated carbocycles. The highest BCUT2D eigenvalue weighted by Crippen LogP contribution is 2.37. The van der Waals surface area contributed by atoms with Crippen molar-refractivity contribution in [3.8, 4) is 11.5 Å². The van der Waals surface area contributed by atoms with E-state index in [4.69, 9.17) is 20.9 Å². The zero-order valence-electron chi connectivity index (χ0n) is 25.8. The fraction of sp³-hybridized carbons (Fsp3) is 0.316. The highest BCUT2D eigenvalue weighted by Gasteiger charge is 2.16. The van der Waals surface area contributed by atoms with Gasteiger partial charge >= 0.3 is 0 Å². The maximum Gasteiger partial charge on any atom is 0.119 e. The quantitative estimate of drug-likeness (QED) is 0.0731. The molecule has 6 heteroatoms. The third kappa shape index (κ3) is 10.6. The van der Waals surface area contributed by atoms with Crippen LogP contribution in [0, 0.1) is 0 Å². The number of rotatable bonds is 20. The number of benzene rings is 4. The van der Waals surface area contributed by atoms with Crippen LogP contribution in [-0.4, -0.2) is 52.5 Å². The normalized spacial score (nSPS) is 11.7. The van der Waals surface area contributed by atoms with E-state index < -0.39 is 0 Å². The molecular formula is C38H48N4O2. The molecule has 0 spiro atoms. The van der Waals surface area contributed by atoms with E-state index in [0.717, 1.165) is 85.6 Å². The predicted octanol–water partition coefficient (Wildman–Crippen LogP) is 6.11. The van der Waals surface area contributed by atoms with E-state index in [2.05, 4.69) is 120 Å². The van der Waals surface area contributed by atoms with Gasteiger partial charge in [0.2, 0.25) is 0 Å². The Labute approximate surface area is 263 Å². The zero-order chi connectivity index (χ0) is 30.7. The Kier molecular flexibility index (Phi) is 14.5. The molecule has 0 aliphatic heterocycles. The highest BCUT2D eigenvalue weighted by atomic mass is 16.5. The lowest BCUT2D eigenvalue weighted by molar-refractivity contribution is 0.306. The summed E-state index contributed by atoms with van der Waals surface area (Å²) in [5.74, 6) is 1.77. The minimum Gasteiger partial charge on any atom is -0.494 e. The van der Waals surface area contributed by atoms with E-state index in [0.29, 0.717) is 26.3 Å². The van der Waals surface area contributed by atoms with E-state index in [1.165, 1.54) is 11.1 Å². The van der Waals surface area contributed by atoms with Crippen molar-refractivity contribution in [1.29, 1.82) is 0 Å². The molecular weight excluding hydrogens is 544 g/mol. The van der Waals surface area contributed by atoms with Gasteiger partial charge in [0.15, 0.2) is 0 Å². The predicted molar refractivity (Wildman–Crippen MR) is 184 cm³/mol. The van der Waals surface area contributed by atoms with Crippen LogP contribution in [-0.2, 0) is 0 Å². The summed E-state index contributed by atoms with van der Waals surface area (Å²) in [6.07, 6.45) is 4.13. The van der Waals surface area contributed by atoms with Crippen molar-refractivity contribution < 1.29 is 9.47 Å². The minimum absolute atomic E-state index is 0.669. The Hall–Kier alpha value is -3.94. The molecule has 0 heterocycles. The number of nitrogens with two attached hydrogens (primary N) is 2. The molecule has 0 bridgehead atoms. The SMILES string of the molecule is NCCNCCCCOc1ccc(/C(=C(\c2ccccc2)c2ccc(OCCCCNCCN)cc2)c2ccccc2)cc1. The smallest absolute Gasteiger partial charge is 0.119 e. The van der Waals surface area contributed by atoms with Crippen LogP contribution in [0.15, 0.2) is 109 Å². The summed E-state index contributed by atoms with van der Waals surface area (Å²) in [6.45, 7) is 6.37. The molecule has 4 rings (SSSR count). The van der Waals surface area contributed by atoms with Gasteiger partial charge in [-0.2, -0.15) is 0 Å². The zero-order valence-corrected chi connectivity index (χ0v) is 25.8. The van der Waals surface area contributed by atoms with Crippen LogP contribution < -0.4 is 31.6 Å². The molecule has 0 unspecified atom stereocenters. The second-order valence-electron chi connectivity index (χ2n) is 10.7. The van der Waals surface area contributed by atoms with Crippen molar-refractivity contribution in [2.24, 2.45) is 11.5 Å². The van der Waals surface area contributed by atoms with Crippen molar-refractivity contribution >= 4 is 11.1 Å². The lowest BCUT2D eigenvalue weighted by atomic mass is 9.86. The van der Waals surface area contributed by atoms with Gasteiger partial charge in [-0.15, -0.1) is 0 Å². The van der Waals surface area contributed by atoms with Gasteiger partial charge in [-0.1, -0.05) is 84.9 Å². The van der Waals surface area contributed by atoms with E-state index >= 15 is 0 Å². The Morgan fingerprint density at radius 3 is 1.16 bits per heavy atom. The number of ether oxygens (including phenoxy) is 2. The largest absolute Gasteiger partial charge is 0.494 e. The molecule has 0 fully saturated rings. The molecule has 0 atom stereocenters. The molecule has 44 heavy (non-hydrogen) atoms. The van der Waals surface area contributed by atoms with Gasteiger partial charge in [0.05, 0.1) is 13.2 Å². The summed E-state index contributed by atoms with van der Waals surface area (Å²) < 4.78 is 12.1. The Bertz CT molecular complexity index is 1250. The highest BCUT2D eigenvalue weighted by molar-refractivity contribution is 6.04. The number of hydrogen-bond acceptors (Lipinski definition) is 6. The first-order chi connectivity index (χ1) is 21.8. The van der Waals surface area contributed by atoms with Crippen molar-refractivity contribution in [3.05, 3.63) is 131 Å². The third-order valence-electron chi connectivity index (χ3n) is 7.34. The van der Waals surface area contributed by atoms with Gasteiger partial charge < -0.3 is 31.6 Å². The van der Waals surface area contributed by atoms with Gasteiger partial charge in [0.25, 0.3) is 0 Å². The fourth-order valence-electron chi connectivity index (χ4n) is 5.09. The third-order valence-corrected chi connectivity index (χ3v) is 7.34. The van der Waals surface area contributed by atoms with Crippen LogP contribution in [0.3, 0.4) is 0 Å². The molecule has 4 aromatic rings. The van der Waals surface area contributed by atoms with E-state index in [-0.39, 0.29) is 0 Å². The van der Waals surface area contributed by atoms with Crippen molar-refractivity contribution in [2.75, 3.05) is 52.5 Å². The fourth-order valence-corrected chi connectivity index (χ4v) is 5.09. The number of hydrogen-bond donors (Lipinski definition) is 4. The monoisotopic (exact) mass is 592 g/mol. The van der Waals surface area contributed by atoms with Crippen molar-refractivity contribution in [2.45, 2.75) is 25.7 Å². The first kappa shape index (κ1) is 33.0. The first-order valence-corrected chi connectivity index (χ1v) is 15.9. The molecule has 0 amide bonds. The van der Waals surface area contributed by atoms with Crippen molar-refractivity contribution in [1.82, 2.24) is 10.6 Å². The summed E-state index contributed by atoms with van der Waals surface area (Å²) in [5.41, 5.74) is 18.0. The van der Waals surface area contributed by atoms with E-state index in [1.807, 2.05) is 0 Å². The van der Waals surface area contributed by atoms with Crippen molar-refractivity contribution in [3.63, 3.8) is 0 Å². The summed E-state index contributed by atoms with van der Waals surface area (Å²) in [5, 5.41) is 6.66. The van der Waals surface area contributed by atoms with Gasteiger partial charge in [0.1, 0.15) is 11.5 Å². The average Bonchev–Trinajstić information content (AvgIpc) is 3.08. The van der Waals surface area contributed by atoms with Crippen LogP contribution in [0.5, 0.6) is 11.5 Å². The average molecular weight is 593 g/mol. The van der Waals surface area contributed by atoms with E-state index in [9.17, 15) is 0 Å². The molecule has 0 saturated heterocycles. The molecule has 0 aliphatic rings. The molecule has 0 aromatic heterocycles. The molecule has 0 radical (unpaired) electrons. The Morgan fingerprint density at radius 2 is 0.795 bits per heavy atom. The second-order valence-corrected chi connectivity index (χ2v) is 10.7. The molecule has 6 nitrogen and oxygen atoms in total. The van der Waals surface area contributed by atoms with Crippen LogP contribution >= 0.6 is 0 Å². The van der Waals surface area contributed by atoms with Crippen LogP contribution in [0.1, 0.15) is 47.9 Å². The van der Waals surface area contributed by atoms with Crippen LogP contribution in [0.25, 0.3) is 11.1 Å². The lowest BCUT2D eigenvalue weighted by Gasteiger charge is -2.19.